The molecule has 31 heavy (non-hydrogen) atoms. The highest BCUT2D eigenvalue weighted by molar-refractivity contribution is 6.01. The maximum absolute atomic E-state index is 12.8. The zero-order chi connectivity index (χ0) is 22.6. The predicted octanol–water partition coefficient (Wildman–Crippen LogP) is 3.80. The summed E-state index contributed by atoms with van der Waals surface area (Å²) in [7, 11) is 1.33. The van der Waals surface area contributed by atoms with Gasteiger partial charge in [0.15, 0.2) is 5.69 Å². The topological polar surface area (TPSA) is 109 Å². The van der Waals surface area contributed by atoms with Gasteiger partial charge in [0, 0.05) is 11.9 Å². The molecule has 2 N–H and O–H groups in total. The Balaban J connectivity index is 1.88. The number of anilines is 2. The first-order chi connectivity index (χ1) is 14.7. The second-order valence-electron chi connectivity index (χ2n) is 5.99. The molecule has 0 aliphatic heterocycles. The SMILES string of the molecule is COc1ncc(N(Cc2cc(C(F)(F)F)n[nH]2)C(=O)Nc2ccnc(C(F)F)c2)cn1. The first-order valence-corrected chi connectivity index (χ1v) is 8.47. The Hall–Kier alpha value is -3.84. The van der Waals surface area contributed by atoms with Crippen molar-refractivity contribution in [1.29, 1.82) is 0 Å². The van der Waals surface area contributed by atoms with Crippen LogP contribution in [0.4, 0.5) is 38.1 Å². The first-order valence-electron chi connectivity index (χ1n) is 8.47. The van der Waals surface area contributed by atoms with Crippen molar-refractivity contribution in [2.24, 2.45) is 0 Å². The third-order valence-corrected chi connectivity index (χ3v) is 3.86. The Bertz CT molecular complexity index is 1040. The van der Waals surface area contributed by atoms with Gasteiger partial charge in [0.05, 0.1) is 37.4 Å². The summed E-state index contributed by atoms with van der Waals surface area (Å²) < 4.78 is 69.0. The molecule has 0 bridgehead atoms. The summed E-state index contributed by atoms with van der Waals surface area (Å²) in [5.41, 5.74) is -1.65. The Morgan fingerprint density at radius 1 is 1.23 bits per heavy atom. The van der Waals surface area contributed by atoms with Crippen molar-refractivity contribution in [3.8, 4) is 6.01 Å². The number of halogens is 5. The summed E-state index contributed by atoms with van der Waals surface area (Å²) in [4.78, 5) is 25.0. The predicted molar refractivity (Wildman–Crippen MR) is 96.6 cm³/mol. The molecule has 0 fully saturated rings. The first kappa shape index (κ1) is 21.9. The number of hydrogen-bond donors (Lipinski definition) is 2. The van der Waals surface area contributed by atoms with Gasteiger partial charge in [-0.05, 0) is 18.2 Å². The Kier molecular flexibility index (Phi) is 6.27. The van der Waals surface area contributed by atoms with Crippen molar-refractivity contribution in [2.75, 3.05) is 17.3 Å². The minimum Gasteiger partial charge on any atom is -0.467 e. The number of carbonyl (C=O) groups excluding carboxylic acids is 1. The van der Waals surface area contributed by atoms with Gasteiger partial charge in [-0.15, -0.1) is 0 Å². The van der Waals surface area contributed by atoms with Crippen LogP contribution in [0.3, 0.4) is 0 Å². The maximum Gasteiger partial charge on any atom is 0.435 e. The van der Waals surface area contributed by atoms with Gasteiger partial charge in [-0.3, -0.25) is 15.0 Å². The molecule has 3 aromatic heterocycles. The number of rotatable bonds is 6. The van der Waals surface area contributed by atoms with E-state index in [1.165, 1.54) is 25.6 Å². The molecular weight excluding hydrogens is 429 g/mol. The van der Waals surface area contributed by atoms with Crippen LogP contribution in [0, 0.1) is 0 Å². The standard InChI is InChI=1S/C17H14F5N7O2/c1-31-15-24-6-11(7-25-15)29(8-10-5-13(28-27-10)17(20,21)22)16(30)26-9-2-3-23-12(4-9)14(18)19/h2-7,14H,8H2,1H3,(H,27,28)(H,23,26,30). The molecule has 9 nitrogen and oxygen atoms in total. The smallest absolute Gasteiger partial charge is 0.435 e. The number of urea groups is 1. The third-order valence-electron chi connectivity index (χ3n) is 3.86. The number of hydrogen-bond acceptors (Lipinski definition) is 6. The van der Waals surface area contributed by atoms with Crippen LogP contribution in [-0.2, 0) is 12.7 Å². The number of H-pyrrole nitrogens is 1. The van der Waals surface area contributed by atoms with Crippen molar-refractivity contribution in [3.05, 3.63) is 53.9 Å². The molecule has 0 aromatic carbocycles. The van der Waals surface area contributed by atoms with E-state index in [2.05, 4.69) is 30.5 Å². The molecule has 14 heteroatoms. The van der Waals surface area contributed by atoms with Crippen LogP contribution in [0.1, 0.15) is 23.5 Å². The van der Waals surface area contributed by atoms with Crippen molar-refractivity contribution in [1.82, 2.24) is 25.1 Å². The molecule has 3 aromatic rings. The summed E-state index contributed by atoms with van der Waals surface area (Å²) in [5, 5.41) is 7.79. The number of methoxy groups -OCH3 is 1. The molecule has 3 rings (SSSR count). The minimum atomic E-state index is -4.67. The van der Waals surface area contributed by atoms with Crippen molar-refractivity contribution >= 4 is 17.4 Å². The fourth-order valence-electron chi connectivity index (χ4n) is 2.43. The number of alkyl halides is 5. The lowest BCUT2D eigenvalue weighted by Crippen LogP contribution is -2.35. The fourth-order valence-corrected chi connectivity index (χ4v) is 2.43. The lowest BCUT2D eigenvalue weighted by Gasteiger charge is -2.22. The largest absolute Gasteiger partial charge is 0.467 e. The molecule has 0 spiro atoms. The van der Waals surface area contributed by atoms with Crippen molar-refractivity contribution in [3.63, 3.8) is 0 Å². The molecule has 0 atom stereocenters. The molecule has 0 aliphatic rings. The molecule has 0 saturated heterocycles. The van der Waals surface area contributed by atoms with Gasteiger partial charge in [0.1, 0.15) is 5.69 Å². The van der Waals surface area contributed by atoms with Crippen LogP contribution in [-0.4, -0.2) is 38.3 Å². The second-order valence-corrected chi connectivity index (χ2v) is 5.99. The summed E-state index contributed by atoms with van der Waals surface area (Å²) >= 11 is 0. The molecule has 0 radical (unpaired) electrons. The summed E-state index contributed by atoms with van der Waals surface area (Å²) in [6, 6.07) is 2.16. The highest BCUT2D eigenvalue weighted by Gasteiger charge is 2.34. The average Bonchev–Trinajstić information content (AvgIpc) is 3.21. The van der Waals surface area contributed by atoms with Crippen molar-refractivity contribution < 1.29 is 31.5 Å². The van der Waals surface area contributed by atoms with E-state index in [0.29, 0.717) is 0 Å². The molecular formula is C17H14F5N7O2. The fraction of sp³-hybridized carbons (Fsp3) is 0.235. The monoisotopic (exact) mass is 443 g/mol. The van der Waals surface area contributed by atoms with E-state index in [1.54, 1.807) is 0 Å². The van der Waals surface area contributed by atoms with Gasteiger partial charge >= 0.3 is 18.2 Å². The van der Waals surface area contributed by atoms with Gasteiger partial charge in [0.25, 0.3) is 6.43 Å². The number of carbonyl (C=O) groups is 1. The summed E-state index contributed by atoms with van der Waals surface area (Å²) in [6.07, 6.45) is -4.02. The van der Waals surface area contributed by atoms with Crippen LogP contribution >= 0.6 is 0 Å². The molecule has 0 aliphatic carbocycles. The number of aromatic nitrogens is 5. The summed E-state index contributed by atoms with van der Waals surface area (Å²) in [6.45, 7) is -0.378. The van der Waals surface area contributed by atoms with E-state index in [4.69, 9.17) is 4.74 Å². The van der Waals surface area contributed by atoms with Crippen LogP contribution in [0.25, 0.3) is 0 Å². The van der Waals surface area contributed by atoms with Gasteiger partial charge < -0.3 is 10.1 Å². The second kappa shape index (κ2) is 8.89. The van der Waals surface area contributed by atoms with E-state index in [9.17, 15) is 26.7 Å². The minimum absolute atomic E-state index is 0.000662. The van der Waals surface area contributed by atoms with Gasteiger partial charge in [0.2, 0.25) is 0 Å². The molecule has 3 heterocycles. The Labute approximate surface area is 171 Å². The Morgan fingerprint density at radius 2 is 1.94 bits per heavy atom. The number of ether oxygens (including phenoxy) is 1. The summed E-state index contributed by atoms with van der Waals surface area (Å²) in [5.74, 6) is 0. The molecule has 2 amide bonds. The lowest BCUT2D eigenvalue weighted by molar-refractivity contribution is -0.141. The zero-order valence-corrected chi connectivity index (χ0v) is 15.7. The normalized spacial score (nSPS) is 11.5. The third kappa shape index (κ3) is 5.40. The molecule has 0 saturated carbocycles. The van der Waals surface area contributed by atoms with E-state index in [1.807, 2.05) is 0 Å². The van der Waals surface area contributed by atoms with Gasteiger partial charge in [-0.2, -0.15) is 18.3 Å². The highest BCUT2D eigenvalue weighted by Crippen LogP contribution is 2.28. The van der Waals surface area contributed by atoms with E-state index in [0.717, 1.165) is 23.2 Å². The zero-order valence-electron chi connectivity index (χ0n) is 15.7. The number of pyridine rings is 1. The van der Waals surface area contributed by atoms with Crippen LogP contribution in [0.2, 0.25) is 0 Å². The highest BCUT2D eigenvalue weighted by atomic mass is 19.4. The van der Waals surface area contributed by atoms with E-state index < -0.39 is 30.0 Å². The molecule has 164 valence electrons. The van der Waals surface area contributed by atoms with Crippen LogP contribution < -0.4 is 15.0 Å². The maximum atomic E-state index is 12.8. The van der Waals surface area contributed by atoms with Gasteiger partial charge in [-0.1, -0.05) is 0 Å². The van der Waals surface area contributed by atoms with Crippen molar-refractivity contribution in [2.45, 2.75) is 19.1 Å². The quantitative estimate of drug-likeness (QED) is 0.561. The number of nitrogens with one attached hydrogen (secondary N) is 2. The number of aromatic amines is 1. The van der Waals surface area contributed by atoms with Crippen LogP contribution in [0.5, 0.6) is 6.01 Å². The van der Waals surface area contributed by atoms with Gasteiger partial charge in [-0.25, -0.2) is 23.5 Å². The lowest BCUT2D eigenvalue weighted by atomic mass is 10.3. The Morgan fingerprint density at radius 3 is 2.52 bits per heavy atom. The number of amides is 2. The average molecular weight is 443 g/mol. The van der Waals surface area contributed by atoms with Crippen LogP contribution in [0.15, 0.2) is 36.8 Å². The van der Waals surface area contributed by atoms with E-state index in [-0.39, 0.29) is 29.6 Å². The molecule has 0 unspecified atom stereocenters. The number of nitrogens with zero attached hydrogens (tertiary/aromatic N) is 5. The van der Waals surface area contributed by atoms with E-state index >= 15 is 0 Å².